The molecule has 0 heterocycles. The van der Waals surface area contributed by atoms with Gasteiger partial charge in [-0.25, -0.2) is 0 Å². The van der Waals surface area contributed by atoms with Crippen LogP contribution in [0.25, 0.3) is 0 Å². The number of hydrogen-bond donors (Lipinski definition) is 1. The molecular formula is C4H8FIO. The largest absolute Gasteiger partial charge is 0.395 e. The Morgan fingerprint density at radius 1 is 1.71 bits per heavy atom. The molecule has 0 aliphatic rings. The second-order valence-electron chi connectivity index (χ2n) is 1.26. The van der Waals surface area contributed by atoms with Gasteiger partial charge in [0, 0.05) is 3.92 Å². The van der Waals surface area contributed by atoms with Crippen LogP contribution in [0.5, 0.6) is 0 Å². The van der Waals surface area contributed by atoms with Crippen LogP contribution in [0.2, 0.25) is 0 Å². The van der Waals surface area contributed by atoms with E-state index in [-0.39, 0.29) is 17.2 Å². The Labute approximate surface area is 56.1 Å². The molecule has 1 atom stereocenters. The fourth-order valence-electron chi connectivity index (χ4n) is 0.210. The molecule has 1 unspecified atom stereocenters. The molecule has 0 aromatic carbocycles. The van der Waals surface area contributed by atoms with Crippen LogP contribution in [0.3, 0.4) is 0 Å². The van der Waals surface area contributed by atoms with Gasteiger partial charge in [-0.05, 0) is 6.42 Å². The van der Waals surface area contributed by atoms with Crippen molar-refractivity contribution in [1.82, 2.24) is 0 Å². The van der Waals surface area contributed by atoms with Crippen LogP contribution in [-0.2, 0) is 0 Å². The molecule has 0 aromatic heterocycles. The Morgan fingerprint density at radius 2 is 2.29 bits per heavy atom. The topological polar surface area (TPSA) is 20.2 Å². The molecule has 0 aliphatic heterocycles. The molecule has 0 saturated carbocycles. The number of aliphatic hydroxyl groups excluding tert-OH is 1. The molecule has 1 nitrogen and oxygen atoms in total. The van der Waals surface area contributed by atoms with Crippen molar-refractivity contribution in [2.24, 2.45) is 0 Å². The molecule has 0 aliphatic carbocycles. The van der Waals surface area contributed by atoms with Crippen LogP contribution < -0.4 is 0 Å². The number of halogens is 2. The Morgan fingerprint density at radius 3 is 2.43 bits per heavy atom. The zero-order chi connectivity index (χ0) is 5.70. The summed E-state index contributed by atoms with van der Waals surface area (Å²) in [5.41, 5.74) is 0. The van der Waals surface area contributed by atoms with Gasteiger partial charge in [0.25, 0.3) is 0 Å². The molecule has 0 bridgehead atoms. The van der Waals surface area contributed by atoms with E-state index in [1.807, 2.05) is 22.6 Å². The van der Waals surface area contributed by atoms with Gasteiger partial charge in [0.1, 0.15) is 0 Å². The van der Waals surface area contributed by atoms with E-state index in [1.165, 1.54) is 0 Å². The van der Waals surface area contributed by atoms with E-state index in [1.54, 1.807) is 0 Å². The quantitative estimate of drug-likeness (QED) is 0.556. The minimum absolute atomic E-state index is 0.0878. The highest BCUT2D eigenvalue weighted by molar-refractivity contribution is 14.1. The Balaban J connectivity index is 2.83. The summed E-state index contributed by atoms with van der Waals surface area (Å²) in [6, 6.07) is 0. The molecule has 44 valence electrons. The predicted molar refractivity (Wildman–Crippen MR) is 35.5 cm³/mol. The lowest BCUT2D eigenvalue weighted by Gasteiger charge is -1.98. The number of aliphatic hydroxyl groups is 1. The summed E-state index contributed by atoms with van der Waals surface area (Å²) < 4.78 is 11.4. The SMILES string of the molecule is OCC(I)CCF. The fourth-order valence-corrected chi connectivity index (χ4v) is 0.445. The molecule has 0 spiro atoms. The van der Waals surface area contributed by atoms with E-state index in [0.29, 0.717) is 6.42 Å². The van der Waals surface area contributed by atoms with Crippen LogP contribution in [0.15, 0.2) is 0 Å². The van der Waals surface area contributed by atoms with Crippen LogP contribution >= 0.6 is 22.6 Å². The standard InChI is InChI=1S/C4H8FIO/c5-2-1-4(6)3-7/h4,7H,1-3H2. The zero-order valence-electron chi connectivity index (χ0n) is 3.90. The summed E-state index contributed by atoms with van der Waals surface area (Å²) in [5.74, 6) is 0. The van der Waals surface area contributed by atoms with Crippen molar-refractivity contribution in [3.05, 3.63) is 0 Å². The van der Waals surface area contributed by atoms with Gasteiger partial charge >= 0.3 is 0 Å². The average Bonchev–Trinajstić information content (AvgIpc) is 1.68. The molecule has 0 aromatic rings. The van der Waals surface area contributed by atoms with Gasteiger partial charge in [0.2, 0.25) is 0 Å². The maximum atomic E-state index is 11.3. The Hall–Kier alpha value is 0.620. The number of hydrogen-bond acceptors (Lipinski definition) is 1. The van der Waals surface area contributed by atoms with E-state index >= 15 is 0 Å². The average molecular weight is 218 g/mol. The maximum Gasteiger partial charge on any atom is 0.0905 e. The predicted octanol–water partition coefficient (Wildman–Crippen LogP) is 1.14. The minimum Gasteiger partial charge on any atom is -0.395 e. The summed E-state index contributed by atoms with van der Waals surface area (Å²) in [7, 11) is 0. The van der Waals surface area contributed by atoms with E-state index < -0.39 is 0 Å². The van der Waals surface area contributed by atoms with Crippen LogP contribution in [0.1, 0.15) is 6.42 Å². The fraction of sp³-hybridized carbons (Fsp3) is 1.00. The van der Waals surface area contributed by atoms with E-state index in [0.717, 1.165) is 0 Å². The lowest BCUT2D eigenvalue weighted by atomic mass is 10.3. The summed E-state index contributed by atoms with van der Waals surface area (Å²) in [5, 5.41) is 8.29. The molecule has 3 heteroatoms. The van der Waals surface area contributed by atoms with Crippen molar-refractivity contribution in [3.63, 3.8) is 0 Å². The first-order valence-electron chi connectivity index (χ1n) is 2.12. The van der Waals surface area contributed by atoms with Crippen molar-refractivity contribution < 1.29 is 9.50 Å². The molecule has 0 saturated heterocycles. The highest BCUT2D eigenvalue weighted by atomic mass is 127. The van der Waals surface area contributed by atoms with Crippen molar-refractivity contribution in [2.45, 2.75) is 10.3 Å². The van der Waals surface area contributed by atoms with Gasteiger partial charge in [0.15, 0.2) is 0 Å². The summed E-state index contributed by atoms with van der Waals surface area (Å²) >= 11 is 2.02. The van der Waals surface area contributed by atoms with E-state index in [4.69, 9.17) is 5.11 Å². The van der Waals surface area contributed by atoms with Gasteiger partial charge in [-0.15, -0.1) is 0 Å². The maximum absolute atomic E-state index is 11.3. The minimum atomic E-state index is -0.325. The third-order valence-corrected chi connectivity index (χ3v) is 1.64. The first-order chi connectivity index (χ1) is 3.31. The lowest BCUT2D eigenvalue weighted by Crippen LogP contribution is -2.03. The van der Waals surface area contributed by atoms with E-state index in [2.05, 4.69) is 0 Å². The van der Waals surface area contributed by atoms with Crippen molar-refractivity contribution >= 4 is 22.6 Å². The van der Waals surface area contributed by atoms with Gasteiger partial charge in [-0.1, -0.05) is 22.6 Å². The molecule has 0 fully saturated rings. The Kier molecular flexibility index (Phi) is 5.19. The second kappa shape index (κ2) is 4.77. The highest BCUT2D eigenvalue weighted by Gasteiger charge is 1.97. The molecule has 1 N–H and O–H groups in total. The summed E-state index contributed by atoms with van der Waals surface area (Å²) in [6.07, 6.45) is 0.469. The number of rotatable bonds is 3. The van der Waals surface area contributed by atoms with Crippen molar-refractivity contribution in [2.75, 3.05) is 13.3 Å². The molecule has 0 radical (unpaired) electrons. The van der Waals surface area contributed by atoms with Crippen LogP contribution in [-0.4, -0.2) is 22.3 Å². The lowest BCUT2D eigenvalue weighted by molar-refractivity contribution is 0.288. The molecule has 0 amide bonds. The van der Waals surface area contributed by atoms with Crippen molar-refractivity contribution in [1.29, 1.82) is 0 Å². The second-order valence-corrected chi connectivity index (χ2v) is 3.02. The zero-order valence-corrected chi connectivity index (χ0v) is 6.06. The smallest absolute Gasteiger partial charge is 0.0905 e. The highest BCUT2D eigenvalue weighted by Crippen LogP contribution is 2.03. The third kappa shape index (κ3) is 4.47. The van der Waals surface area contributed by atoms with Gasteiger partial charge in [-0.2, -0.15) is 0 Å². The van der Waals surface area contributed by atoms with Crippen LogP contribution in [0, 0.1) is 0 Å². The van der Waals surface area contributed by atoms with Gasteiger partial charge < -0.3 is 5.11 Å². The molecule has 0 rings (SSSR count). The van der Waals surface area contributed by atoms with E-state index in [9.17, 15) is 4.39 Å². The monoisotopic (exact) mass is 218 g/mol. The molecule has 7 heavy (non-hydrogen) atoms. The Bertz CT molecular complexity index is 42.7. The number of alkyl halides is 2. The first-order valence-corrected chi connectivity index (χ1v) is 3.36. The summed E-state index contributed by atoms with van der Waals surface area (Å²) in [4.78, 5) is 0. The summed E-state index contributed by atoms with van der Waals surface area (Å²) in [6.45, 7) is -0.237. The molecular weight excluding hydrogens is 210 g/mol. The normalized spacial score (nSPS) is 14.1. The third-order valence-electron chi connectivity index (χ3n) is 0.620. The van der Waals surface area contributed by atoms with Gasteiger partial charge in [-0.3, -0.25) is 4.39 Å². The first kappa shape index (κ1) is 7.62. The van der Waals surface area contributed by atoms with Crippen molar-refractivity contribution in [3.8, 4) is 0 Å². The van der Waals surface area contributed by atoms with Gasteiger partial charge in [0.05, 0.1) is 13.3 Å². The van der Waals surface area contributed by atoms with Crippen LogP contribution in [0.4, 0.5) is 4.39 Å².